The van der Waals surface area contributed by atoms with Crippen LogP contribution in [-0.4, -0.2) is 39.1 Å². The summed E-state index contributed by atoms with van der Waals surface area (Å²) in [4.78, 5) is 24.8. The van der Waals surface area contributed by atoms with E-state index in [1.807, 2.05) is 11.5 Å². The number of aromatic nitrogens is 3. The summed E-state index contributed by atoms with van der Waals surface area (Å²) in [5.41, 5.74) is 0.935. The number of carbonyl (C=O) groups is 2. The molecule has 9 nitrogen and oxygen atoms in total. The molecule has 172 valence electrons. The lowest BCUT2D eigenvalue weighted by Gasteiger charge is -2.09. The van der Waals surface area contributed by atoms with Gasteiger partial charge in [0.05, 0.1) is 23.0 Å². The van der Waals surface area contributed by atoms with E-state index in [0.29, 0.717) is 50.3 Å². The highest BCUT2D eigenvalue weighted by atomic mass is 35.5. The lowest BCUT2D eigenvalue weighted by atomic mass is 10.2. The number of ether oxygens (including phenoxy) is 2. The van der Waals surface area contributed by atoms with E-state index >= 15 is 0 Å². The van der Waals surface area contributed by atoms with Gasteiger partial charge in [0.2, 0.25) is 12.7 Å². The van der Waals surface area contributed by atoms with Crippen molar-refractivity contribution in [2.24, 2.45) is 0 Å². The van der Waals surface area contributed by atoms with Crippen LogP contribution >= 0.6 is 35.0 Å². The van der Waals surface area contributed by atoms with E-state index in [-0.39, 0.29) is 30.9 Å². The minimum Gasteiger partial charge on any atom is -0.454 e. The average molecular weight is 508 g/mol. The summed E-state index contributed by atoms with van der Waals surface area (Å²) in [6.45, 7) is 2.84. The van der Waals surface area contributed by atoms with Gasteiger partial charge in [0.15, 0.2) is 22.5 Å². The molecule has 2 heterocycles. The number of amides is 2. The van der Waals surface area contributed by atoms with Crippen molar-refractivity contribution in [3.8, 4) is 11.5 Å². The molecule has 0 bridgehead atoms. The Hall–Kier alpha value is -2.95. The van der Waals surface area contributed by atoms with Gasteiger partial charge in [-0.2, -0.15) is 0 Å². The number of anilines is 1. The summed E-state index contributed by atoms with van der Waals surface area (Å²) in [5.74, 6) is 1.33. The third kappa shape index (κ3) is 5.52. The Balaban J connectivity index is 1.33. The molecule has 1 aliphatic rings. The van der Waals surface area contributed by atoms with Crippen molar-refractivity contribution in [2.75, 3.05) is 17.9 Å². The topological polar surface area (TPSA) is 107 Å². The normalized spacial score (nSPS) is 12.0. The Morgan fingerprint density at radius 2 is 1.94 bits per heavy atom. The van der Waals surface area contributed by atoms with Crippen molar-refractivity contribution >= 4 is 52.5 Å². The molecule has 12 heteroatoms. The van der Waals surface area contributed by atoms with Crippen molar-refractivity contribution in [3.63, 3.8) is 0 Å². The number of benzene rings is 2. The molecule has 0 saturated heterocycles. The molecule has 0 spiro atoms. The minimum absolute atomic E-state index is 0.112. The SMILES string of the molecule is CCn1c(CNC(=O)c2ccc3c(c2)OCO3)nnc1SCC(=O)Nc1ccc(Cl)cc1Cl. The zero-order valence-electron chi connectivity index (χ0n) is 17.4. The zero-order valence-corrected chi connectivity index (χ0v) is 19.8. The number of hydrogen-bond acceptors (Lipinski definition) is 7. The molecule has 0 atom stereocenters. The molecule has 0 unspecified atom stereocenters. The molecule has 0 radical (unpaired) electrons. The molecule has 1 aromatic heterocycles. The molecule has 33 heavy (non-hydrogen) atoms. The quantitative estimate of drug-likeness (QED) is 0.443. The van der Waals surface area contributed by atoms with Crippen molar-refractivity contribution in [1.82, 2.24) is 20.1 Å². The number of carbonyl (C=O) groups excluding carboxylic acids is 2. The highest BCUT2D eigenvalue weighted by molar-refractivity contribution is 7.99. The number of thioether (sulfide) groups is 1. The van der Waals surface area contributed by atoms with E-state index in [1.54, 1.807) is 36.4 Å². The maximum atomic E-state index is 12.5. The Bertz CT molecular complexity index is 1200. The molecular formula is C21H19Cl2N5O4S. The maximum absolute atomic E-state index is 12.5. The third-order valence-electron chi connectivity index (χ3n) is 4.69. The molecule has 1 aliphatic heterocycles. The Kier molecular flexibility index (Phi) is 7.26. The second-order valence-electron chi connectivity index (χ2n) is 6.85. The van der Waals surface area contributed by atoms with Gasteiger partial charge in [-0.25, -0.2) is 0 Å². The molecule has 2 aromatic carbocycles. The first kappa shape index (κ1) is 23.2. The monoisotopic (exact) mass is 507 g/mol. The second kappa shape index (κ2) is 10.3. The molecule has 2 N–H and O–H groups in total. The highest BCUT2D eigenvalue weighted by Gasteiger charge is 2.18. The standard InChI is InChI=1S/C21H19Cl2N5O4S/c1-2-28-18(9-24-20(30)12-3-6-16-17(7-12)32-11-31-16)26-27-21(28)33-10-19(29)25-15-5-4-13(22)8-14(15)23/h3-8H,2,9-11H2,1H3,(H,24,30)(H,25,29). The van der Waals surface area contributed by atoms with Gasteiger partial charge in [0, 0.05) is 17.1 Å². The Morgan fingerprint density at radius 1 is 1.12 bits per heavy atom. The molecule has 0 fully saturated rings. The first-order valence-electron chi connectivity index (χ1n) is 9.92. The van der Waals surface area contributed by atoms with Crippen LogP contribution in [0.1, 0.15) is 23.1 Å². The van der Waals surface area contributed by atoms with Gasteiger partial charge < -0.3 is 24.7 Å². The molecule has 4 rings (SSSR count). The van der Waals surface area contributed by atoms with Gasteiger partial charge >= 0.3 is 0 Å². The van der Waals surface area contributed by atoms with E-state index in [1.165, 1.54) is 11.8 Å². The van der Waals surface area contributed by atoms with Gasteiger partial charge in [0.1, 0.15) is 0 Å². The van der Waals surface area contributed by atoms with Crippen molar-refractivity contribution in [3.05, 3.63) is 57.8 Å². The van der Waals surface area contributed by atoms with Crippen LogP contribution in [0.15, 0.2) is 41.6 Å². The van der Waals surface area contributed by atoms with Crippen molar-refractivity contribution < 1.29 is 19.1 Å². The maximum Gasteiger partial charge on any atom is 0.251 e. The van der Waals surface area contributed by atoms with Gasteiger partial charge in [-0.15, -0.1) is 10.2 Å². The second-order valence-corrected chi connectivity index (χ2v) is 8.64. The summed E-state index contributed by atoms with van der Waals surface area (Å²) in [6.07, 6.45) is 0. The van der Waals surface area contributed by atoms with Crippen LogP contribution < -0.4 is 20.1 Å². The fourth-order valence-electron chi connectivity index (χ4n) is 3.08. The van der Waals surface area contributed by atoms with Gasteiger partial charge in [0.25, 0.3) is 5.91 Å². The van der Waals surface area contributed by atoms with Crippen LogP contribution in [0.4, 0.5) is 5.69 Å². The fourth-order valence-corrected chi connectivity index (χ4v) is 4.36. The van der Waals surface area contributed by atoms with E-state index in [4.69, 9.17) is 32.7 Å². The lowest BCUT2D eigenvalue weighted by molar-refractivity contribution is -0.113. The summed E-state index contributed by atoms with van der Waals surface area (Å²) in [6, 6.07) is 9.85. The predicted molar refractivity (Wildman–Crippen MR) is 125 cm³/mol. The first-order chi connectivity index (χ1) is 15.9. The van der Waals surface area contributed by atoms with E-state index < -0.39 is 0 Å². The predicted octanol–water partition coefficient (Wildman–Crippen LogP) is 3.99. The summed E-state index contributed by atoms with van der Waals surface area (Å²) in [7, 11) is 0. The summed E-state index contributed by atoms with van der Waals surface area (Å²) < 4.78 is 12.4. The zero-order chi connectivity index (χ0) is 23.4. The van der Waals surface area contributed by atoms with Crippen molar-refractivity contribution in [2.45, 2.75) is 25.2 Å². The van der Waals surface area contributed by atoms with Crippen LogP contribution in [0.25, 0.3) is 0 Å². The fraction of sp³-hybridized carbons (Fsp3) is 0.238. The lowest BCUT2D eigenvalue weighted by Crippen LogP contribution is -2.24. The van der Waals surface area contributed by atoms with Gasteiger partial charge in [-0.1, -0.05) is 35.0 Å². The van der Waals surface area contributed by atoms with E-state index in [9.17, 15) is 9.59 Å². The average Bonchev–Trinajstić information content (AvgIpc) is 3.43. The molecular weight excluding hydrogens is 489 g/mol. The molecule has 0 saturated carbocycles. The number of rotatable bonds is 8. The summed E-state index contributed by atoms with van der Waals surface area (Å²) in [5, 5.41) is 15.3. The smallest absolute Gasteiger partial charge is 0.251 e. The van der Waals surface area contributed by atoms with E-state index in [0.717, 1.165) is 0 Å². The minimum atomic E-state index is -0.271. The van der Waals surface area contributed by atoms with Crippen LogP contribution in [-0.2, 0) is 17.9 Å². The third-order valence-corrected chi connectivity index (χ3v) is 6.20. The highest BCUT2D eigenvalue weighted by Crippen LogP contribution is 2.32. The number of hydrogen-bond donors (Lipinski definition) is 2. The van der Waals surface area contributed by atoms with Gasteiger partial charge in [-0.05, 0) is 43.3 Å². The first-order valence-corrected chi connectivity index (χ1v) is 11.7. The molecule has 3 aromatic rings. The van der Waals surface area contributed by atoms with Crippen LogP contribution in [0.5, 0.6) is 11.5 Å². The Labute approximate surface area is 203 Å². The van der Waals surface area contributed by atoms with Crippen LogP contribution in [0.3, 0.4) is 0 Å². The number of nitrogens with one attached hydrogen (secondary N) is 2. The van der Waals surface area contributed by atoms with Crippen LogP contribution in [0.2, 0.25) is 10.0 Å². The summed E-state index contributed by atoms with van der Waals surface area (Å²) >= 11 is 13.2. The van der Waals surface area contributed by atoms with Crippen LogP contribution in [0, 0.1) is 0 Å². The number of nitrogens with zero attached hydrogens (tertiary/aromatic N) is 3. The largest absolute Gasteiger partial charge is 0.454 e. The molecule has 0 aliphatic carbocycles. The van der Waals surface area contributed by atoms with Crippen molar-refractivity contribution in [1.29, 1.82) is 0 Å². The Morgan fingerprint density at radius 3 is 2.73 bits per heavy atom. The molecule has 2 amide bonds. The van der Waals surface area contributed by atoms with E-state index in [2.05, 4.69) is 20.8 Å². The number of halogens is 2. The van der Waals surface area contributed by atoms with Gasteiger partial charge in [-0.3, -0.25) is 9.59 Å². The number of fused-ring (bicyclic) bond motifs is 1.